The van der Waals surface area contributed by atoms with Crippen LogP contribution in [0, 0.1) is 11.4 Å². The molecule has 0 spiro atoms. The highest BCUT2D eigenvalue weighted by Gasteiger charge is 2.27. The third-order valence-corrected chi connectivity index (χ3v) is 2.48. The van der Waals surface area contributed by atoms with Crippen LogP contribution in [0.2, 0.25) is 0 Å². The largest absolute Gasteiger partial charge is 0.378 e. The van der Waals surface area contributed by atoms with Crippen molar-refractivity contribution < 1.29 is 9.13 Å². The highest BCUT2D eigenvalue weighted by molar-refractivity contribution is 6.26. The SMILES string of the molecule is Fc1ccc(NC2CCO[C]2Cl)cc1. The topological polar surface area (TPSA) is 21.3 Å². The van der Waals surface area contributed by atoms with Gasteiger partial charge in [-0.05, 0) is 30.7 Å². The van der Waals surface area contributed by atoms with Gasteiger partial charge in [0.15, 0.2) is 0 Å². The van der Waals surface area contributed by atoms with E-state index in [1.807, 2.05) is 0 Å². The van der Waals surface area contributed by atoms with E-state index in [1.54, 1.807) is 12.1 Å². The second-order valence-electron chi connectivity index (χ2n) is 3.15. The van der Waals surface area contributed by atoms with E-state index in [4.69, 9.17) is 16.3 Å². The Morgan fingerprint density at radius 2 is 2.07 bits per heavy atom. The minimum Gasteiger partial charge on any atom is -0.378 e. The Morgan fingerprint density at radius 3 is 2.64 bits per heavy atom. The second-order valence-corrected chi connectivity index (χ2v) is 3.52. The van der Waals surface area contributed by atoms with Crippen LogP contribution in [0.3, 0.4) is 0 Å². The van der Waals surface area contributed by atoms with Gasteiger partial charge in [-0.3, -0.25) is 0 Å². The molecule has 1 aliphatic heterocycles. The van der Waals surface area contributed by atoms with Crippen LogP contribution in [0.4, 0.5) is 10.1 Å². The van der Waals surface area contributed by atoms with E-state index < -0.39 is 0 Å². The summed E-state index contributed by atoms with van der Waals surface area (Å²) in [6.07, 6.45) is 0.843. The molecule has 2 nitrogen and oxygen atoms in total. The van der Waals surface area contributed by atoms with E-state index in [9.17, 15) is 4.39 Å². The standard InChI is InChI=1S/C10H10ClFNO/c11-10-9(5-6-14-10)13-8-3-1-7(12)2-4-8/h1-4,9,13H,5-6H2. The zero-order chi connectivity index (χ0) is 9.97. The summed E-state index contributed by atoms with van der Waals surface area (Å²) in [5, 5.41) is 3.16. The molecular weight excluding hydrogens is 205 g/mol. The fraction of sp³-hybridized carbons (Fsp3) is 0.300. The van der Waals surface area contributed by atoms with Gasteiger partial charge in [-0.25, -0.2) is 4.39 Å². The summed E-state index contributed by atoms with van der Waals surface area (Å²) in [6.45, 7) is 0.637. The maximum Gasteiger partial charge on any atom is 0.206 e. The van der Waals surface area contributed by atoms with E-state index in [1.165, 1.54) is 12.1 Å². The van der Waals surface area contributed by atoms with Crippen molar-refractivity contribution >= 4 is 17.3 Å². The third-order valence-electron chi connectivity index (χ3n) is 2.11. The van der Waals surface area contributed by atoms with Gasteiger partial charge in [0.1, 0.15) is 5.82 Å². The molecule has 1 unspecified atom stereocenters. The van der Waals surface area contributed by atoms with Gasteiger partial charge in [-0.15, -0.1) is 0 Å². The van der Waals surface area contributed by atoms with Crippen molar-refractivity contribution in [2.45, 2.75) is 12.5 Å². The van der Waals surface area contributed by atoms with Gasteiger partial charge in [0.25, 0.3) is 0 Å². The lowest BCUT2D eigenvalue weighted by Gasteiger charge is -2.14. The molecular formula is C10H10ClFNO. The molecule has 1 radical (unpaired) electrons. The molecule has 1 aromatic carbocycles. The number of hydrogen-bond donors (Lipinski definition) is 1. The van der Waals surface area contributed by atoms with Crippen molar-refractivity contribution in [2.24, 2.45) is 0 Å². The maximum atomic E-state index is 12.6. The predicted octanol–water partition coefficient (Wildman–Crippen LogP) is 2.75. The first-order valence-electron chi connectivity index (χ1n) is 4.43. The molecule has 4 heteroatoms. The van der Waals surface area contributed by atoms with Crippen molar-refractivity contribution in [3.63, 3.8) is 0 Å². The zero-order valence-electron chi connectivity index (χ0n) is 7.47. The summed E-state index contributed by atoms with van der Waals surface area (Å²) in [5.41, 5.74) is 1.33. The van der Waals surface area contributed by atoms with Crippen LogP contribution in [0.1, 0.15) is 6.42 Å². The van der Waals surface area contributed by atoms with Crippen molar-refractivity contribution in [3.05, 3.63) is 35.6 Å². The van der Waals surface area contributed by atoms with Crippen LogP contribution in [-0.2, 0) is 4.74 Å². The van der Waals surface area contributed by atoms with Crippen LogP contribution in [0.15, 0.2) is 24.3 Å². The van der Waals surface area contributed by atoms with Gasteiger partial charge >= 0.3 is 0 Å². The van der Waals surface area contributed by atoms with Gasteiger partial charge in [0.2, 0.25) is 5.56 Å². The van der Waals surface area contributed by atoms with Crippen LogP contribution in [-0.4, -0.2) is 12.6 Å². The molecule has 75 valence electrons. The van der Waals surface area contributed by atoms with Gasteiger partial charge in [0, 0.05) is 5.69 Å². The lowest BCUT2D eigenvalue weighted by atomic mass is 10.2. The quantitative estimate of drug-likeness (QED) is 0.818. The molecule has 1 N–H and O–H groups in total. The Morgan fingerprint density at radius 1 is 1.36 bits per heavy atom. The van der Waals surface area contributed by atoms with Gasteiger partial charge < -0.3 is 10.1 Å². The zero-order valence-corrected chi connectivity index (χ0v) is 8.22. The molecule has 0 aromatic heterocycles. The lowest BCUT2D eigenvalue weighted by molar-refractivity contribution is 0.235. The van der Waals surface area contributed by atoms with E-state index in [0.29, 0.717) is 12.2 Å². The number of halogens is 2. The molecule has 1 saturated heterocycles. The van der Waals surface area contributed by atoms with Gasteiger partial charge in [-0.2, -0.15) is 0 Å². The molecule has 14 heavy (non-hydrogen) atoms. The molecule has 0 aliphatic carbocycles. The number of rotatable bonds is 2. The van der Waals surface area contributed by atoms with Crippen LogP contribution in [0.25, 0.3) is 0 Å². The van der Waals surface area contributed by atoms with Crippen molar-refractivity contribution in [3.8, 4) is 0 Å². The highest BCUT2D eigenvalue weighted by Crippen LogP contribution is 2.27. The minimum absolute atomic E-state index is 0.0297. The average molecular weight is 215 g/mol. The molecule has 0 amide bonds. The van der Waals surface area contributed by atoms with Crippen LogP contribution in [0.5, 0.6) is 0 Å². The maximum absolute atomic E-state index is 12.6. The summed E-state index contributed by atoms with van der Waals surface area (Å²) in [5.74, 6) is -0.242. The molecule has 0 bridgehead atoms. The molecule has 1 atom stereocenters. The Bertz CT molecular complexity index is 303. The number of nitrogens with one attached hydrogen (secondary N) is 1. The second kappa shape index (κ2) is 4.15. The Labute approximate surface area is 87.0 Å². The molecule has 1 heterocycles. The monoisotopic (exact) mass is 214 g/mol. The average Bonchev–Trinajstić information content (AvgIpc) is 2.56. The molecule has 1 aromatic rings. The highest BCUT2D eigenvalue weighted by atomic mass is 35.5. The van der Waals surface area contributed by atoms with E-state index in [0.717, 1.165) is 12.1 Å². The molecule has 1 fully saturated rings. The summed E-state index contributed by atoms with van der Waals surface area (Å²) >= 11 is 5.82. The van der Waals surface area contributed by atoms with E-state index in [2.05, 4.69) is 5.32 Å². The summed E-state index contributed by atoms with van der Waals surface area (Å²) in [4.78, 5) is 0. The lowest BCUT2D eigenvalue weighted by Crippen LogP contribution is -2.19. The van der Waals surface area contributed by atoms with Crippen molar-refractivity contribution in [1.82, 2.24) is 0 Å². The van der Waals surface area contributed by atoms with Gasteiger partial charge in [0.05, 0.1) is 12.6 Å². The first-order valence-corrected chi connectivity index (χ1v) is 4.81. The predicted molar refractivity (Wildman–Crippen MR) is 53.5 cm³/mol. The normalized spacial score (nSPS) is 22.6. The third kappa shape index (κ3) is 2.16. The summed E-state index contributed by atoms with van der Waals surface area (Å²) < 4.78 is 17.7. The van der Waals surface area contributed by atoms with E-state index in [-0.39, 0.29) is 11.9 Å². The Kier molecular flexibility index (Phi) is 2.89. The van der Waals surface area contributed by atoms with Crippen LogP contribution >= 0.6 is 11.6 Å². The molecule has 0 saturated carbocycles. The fourth-order valence-corrected chi connectivity index (χ4v) is 1.61. The smallest absolute Gasteiger partial charge is 0.206 e. The first kappa shape index (κ1) is 9.74. The van der Waals surface area contributed by atoms with Crippen LogP contribution < -0.4 is 5.32 Å². The number of benzene rings is 1. The minimum atomic E-state index is -0.242. The number of hydrogen-bond acceptors (Lipinski definition) is 2. The van der Waals surface area contributed by atoms with E-state index >= 15 is 0 Å². The molecule has 1 aliphatic rings. The number of anilines is 1. The fourth-order valence-electron chi connectivity index (χ4n) is 1.36. The van der Waals surface area contributed by atoms with Crippen molar-refractivity contribution in [2.75, 3.05) is 11.9 Å². The van der Waals surface area contributed by atoms with Crippen molar-refractivity contribution in [1.29, 1.82) is 0 Å². The van der Waals surface area contributed by atoms with Gasteiger partial charge in [-0.1, -0.05) is 11.6 Å². The summed E-state index contributed by atoms with van der Waals surface area (Å²) in [7, 11) is 0. The Hall–Kier alpha value is -0.800. The first-order chi connectivity index (χ1) is 6.75. The summed E-state index contributed by atoms with van der Waals surface area (Å²) in [6, 6.07) is 6.20. The molecule has 2 rings (SSSR count). The number of ether oxygens (including phenoxy) is 1. The Balaban J connectivity index is 2.00.